The Morgan fingerprint density at radius 1 is 1.11 bits per heavy atom. The van der Waals surface area contributed by atoms with Gasteiger partial charge in [-0.2, -0.15) is 5.26 Å². The van der Waals surface area contributed by atoms with Crippen molar-refractivity contribution < 1.29 is 9.53 Å². The number of benzene rings is 2. The number of nitrogens with zero attached hydrogens (tertiary/aromatic N) is 1. The summed E-state index contributed by atoms with van der Waals surface area (Å²) < 4.78 is 5.85. The predicted molar refractivity (Wildman–Crippen MR) is 109 cm³/mol. The number of carbonyl (C=O) groups is 1. The third kappa shape index (κ3) is 6.63. The molecule has 2 aromatic carbocycles. The molecule has 4 nitrogen and oxygen atoms in total. The number of ether oxygens (including phenoxy) is 1. The van der Waals surface area contributed by atoms with E-state index in [0.29, 0.717) is 18.0 Å². The lowest BCUT2D eigenvalue weighted by atomic mass is 10.1. The molecule has 0 bridgehead atoms. The van der Waals surface area contributed by atoms with Crippen LogP contribution < -0.4 is 10.1 Å². The predicted octanol–water partition coefficient (Wildman–Crippen LogP) is 5.50. The molecule has 4 heteroatoms. The summed E-state index contributed by atoms with van der Waals surface area (Å²) in [6.45, 7) is 4.78. The number of nitriles is 1. The molecule has 1 N–H and O–H groups in total. The second-order valence-corrected chi connectivity index (χ2v) is 6.44. The second-order valence-electron chi connectivity index (χ2n) is 6.44. The Balaban J connectivity index is 2.08. The molecule has 27 heavy (non-hydrogen) atoms. The maximum Gasteiger partial charge on any atom is 0.266 e. The van der Waals surface area contributed by atoms with Crippen molar-refractivity contribution in [3.8, 4) is 11.8 Å². The van der Waals surface area contributed by atoms with Crippen molar-refractivity contribution in [3.63, 3.8) is 0 Å². The van der Waals surface area contributed by atoms with Gasteiger partial charge in [-0.05, 0) is 37.6 Å². The van der Waals surface area contributed by atoms with E-state index in [2.05, 4.69) is 12.2 Å². The molecule has 0 radical (unpaired) electrons. The van der Waals surface area contributed by atoms with Gasteiger partial charge in [0.15, 0.2) is 0 Å². The van der Waals surface area contributed by atoms with E-state index < -0.39 is 5.91 Å². The highest BCUT2D eigenvalue weighted by Crippen LogP contribution is 2.22. The minimum atomic E-state index is -0.431. The van der Waals surface area contributed by atoms with Crippen LogP contribution in [0.25, 0.3) is 6.08 Å². The molecule has 2 aromatic rings. The summed E-state index contributed by atoms with van der Waals surface area (Å²) in [5.41, 5.74) is 2.53. The first-order chi connectivity index (χ1) is 13.1. The highest BCUT2D eigenvalue weighted by Gasteiger charge is 2.11. The van der Waals surface area contributed by atoms with Crippen LogP contribution in [-0.2, 0) is 4.79 Å². The quantitative estimate of drug-likeness (QED) is 0.364. The van der Waals surface area contributed by atoms with Crippen LogP contribution in [0, 0.1) is 18.3 Å². The first-order valence-corrected chi connectivity index (χ1v) is 9.35. The van der Waals surface area contributed by atoms with Gasteiger partial charge in [-0.1, -0.05) is 62.1 Å². The van der Waals surface area contributed by atoms with Crippen LogP contribution >= 0.6 is 0 Å². The number of amides is 1. The fourth-order valence-electron chi connectivity index (χ4n) is 2.58. The van der Waals surface area contributed by atoms with Crippen molar-refractivity contribution in [3.05, 3.63) is 65.2 Å². The van der Waals surface area contributed by atoms with Gasteiger partial charge in [0.25, 0.3) is 5.91 Å². The number of hydrogen-bond donors (Lipinski definition) is 1. The van der Waals surface area contributed by atoms with E-state index >= 15 is 0 Å². The molecule has 140 valence electrons. The lowest BCUT2D eigenvalue weighted by molar-refractivity contribution is -0.112. The van der Waals surface area contributed by atoms with E-state index in [1.54, 1.807) is 6.08 Å². The molecule has 0 unspecified atom stereocenters. The zero-order valence-corrected chi connectivity index (χ0v) is 16.0. The second kappa shape index (κ2) is 10.8. The Kier molecular flexibility index (Phi) is 8.12. The number of aryl methyl sites for hydroxylation is 1. The minimum absolute atomic E-state index is 0.0395. The third-order valence-corrected chi connectivity index (χ3v) is 4.15. The molecule has 0 heterocycles. The van der Waals surface area contributed by atoms with Gasteiger partial charge in [-0.25, -0.2) is 0 Å². The van der Waals surface area contributed by atoms with Gasteiger partial charge in [-0.15, -0.1) is 0 Å². The zero-order valence-electron chi connectivity index (χ0n) is 16.0. The number of para-hydroxylation sites is 1. The van der Waals surface area contributed by atoms with Crippen LogP contribution in [-0.4, -0.2) is 12.5 Å². The molecule has 1 amide bonds. The van der Waals surface area contributed by atoms with Crippen LogP contribution in [0.5, 0.6) is 5.75 Å². The number of rotatable bonds is 9. The summed E-state index contributed by atoms with van der Waals surface area (Å²) in [4.78, 5) is 12.4. The molecule has 0 atom stereocenters. The van der Waals surface area contributed by atoms with Crippen molar-refractivity contribution in [2.45, 2.75) is 39.5 Å². The highest BCUT2D eigenvalue weighted by atomic mass is 16.5. The molecule has 0 saturated carbocycles. The van der Waals surface area contributed by atoms with Gasteiger partial charge < -0.3 is 10.1 Å². The smallest absolute Gasteiger partial charge is 0.266 e. The summed E-state index contributed by atoms with van der Waals surface area (Å²) in [5.74, 6) is 0.254. The van der Waals surface area contributed by atoms with E-state index in [9.17, 15) is 10.1 Å². The summed E-state index contributed by atoms with van der Waals surface area (Å²) in [6, 6.07) is 16.9. The average molecular weight is 362 g/mol. The molecule has 0 aliphatic carbocycles. The molecule has 2 rings (SSSR count). The number of carbonyl (C=O) groups excluding carboxylic acids is 1. The molecule has 0 aliphatic heterocycles. The van der Waals surface area contributed by atoms with Gasteiger partial charge >= 0.3 is 0 Å². The van der Waals surface area contributed by atoms with Gasteiger partial charge in [0.1, 0.15) is 17.4 Å². The van der Waals surface area contributed by atoms with E-state index in [1.165, 1.54) is 12.8 Å². The summed E-state index contributed by atoms with van der Waals surface area (Å²) in [6.07, 6.45) is 6.08. The van der Waals surface area contributed by atoms with Crippen LogP contribution in [0.1, 0.15) is 43.7 Å². The Morgan fingerprint density at radius 3 is 2.56 bits per heavy atom. The summed E-state index contributed by atoms with van der Waals surface area (Å²) in [5, 5.41) is 12.2. The van der Waals surface area contributed by atoms with Crippen LogP contribution in [0.2, 0.25) is 0 Å². The van der Waals surface area contributed by atoms with Gasteiger partial charge in [0, 0.05) is 11.3 Å². The molecular weight excluding hydrogens is 336 g/mol. The Labute approximate surface area is 161 Å². The Bertz CT molecular complexity index is 817. The van der Waals surface area contributed by atoms with Gasteiger partial charge in [0.2, 0.25) is 0 Å². The van der Waals surface area contributed by atoms with Crippen LogP contribution in [0.3, 0.4) is 0 Å². The van der Waals surface area contributed by atoms with Crippen LogP contribution in [0.15, 0.2) is 54.1 Å². The number of anilines is 1. The lowest BCUT2D eigenvalue weighted by Gasteiger charge is -2.10. The van der Waals surface area contributed by atoms with Crippen molar-refractivity contribution in [2.75, 3.05) is 11.9 Å². The number of unbranched alkanes of at least 4 members (excludes halogenated alkanes) is 3. The maximum absolute atomic E-state index is 12.4. The number of nitrogens with one attached hydrogen (secondary N) is 1. The van der Waals surface area contributed by atoms with Gasteiger partial charge in [-0.3, -0.25) is 4.79 Å². The Hall–Kier alpha value is -3.06. The van der Waals surface area contributed by atoms with E-state index in [4.69, 9.17) is 4.74 Å². The SMILES string of the molecule is CCCCCCOc1ccccc1/C=C(\C#N)C(=O)Nc1ccc(C)cc1. The standard InChI is InChI=1S/C23H26N2O2/c1-3-4-5-8-15-27-22-10-7-6-9-19(22)16-20(17-24)23(26)25-21-13-11-18(2)12-14-21/h6-7,9-14,16H,3-5,8,15H2,1-2H3,(H,25,26)/b20-16+. The van der Waals surface area contributed by atoms with Crippen molar-refractivity contribution in [2.24, 2.45) is 0 Å². The fraction of sp³-hybridized carbons (Fsp3) is 0.304. The third-order valence-electron chi connectivity index (χ3n) is 4.15. The van der Waals surface area contributed by atoms with Crippen molar-refractivity contribution in [1.29, 1.82) is 5.26 Å². The first kappa shape index (κ1) is 20.3. The van der Waals surface area contributed by atoms with E-state index in [0.717, 1.165) is 24.0 Å². The average Bonchev–Trinajstić information content (AvgIpc) is 2.68. The molecule has 0 aliphatic rings. The lowest BCUT2D eigenvalue weighted by Crippen LogP contribution is -2.13. The Morgan fingerprint density at radius 2 is 1.85 bits per heavy atom. The minimum Gasteiger partial charge on any atom is -0.493 e. The summed E-state index contributed by atoms with van der Waals surface area (Å²) in [7, 11) is 0. The van der Waals surface area contributed by atoms with Crippen LogP contribution in [0.4, 0.5) is 5.69 Å². The number of hydrogen-bond acceptors (Lipinski definition) is 3. The van der Waals surface area contributed by atoms with Crippen molar-refractivity contribution in [1.82, 2.24) is 0 Å². The molecule has 0 spiro atoms. The van der Waals surface area contributed by atoms with Crippen molar-refractivity contribution >= 4 is 17.7 Å². The molecule has 0 fully saturated rings. The molecule has 0 aromatic heterocycles. The first-order valence-electron chi connectivity index (χ1n) is 9.35. The highest BCUT2D eigenvalue weighted by molar-refractivity contribution is 6.09. The topological polar surface area (TPSA) is 62.1 Å². The van der Waals surface area contributed by atoms with Gasteiger partial charge in [0.05, 0.1) is 6.61 Å². The molecular formula is C23H26N2O2. The van der Waals surface area contributed by atoms with E-state index in [-0.39, 0.29) is 5.57 Å². The normalized spacial score (nSPS) is 10.9. The van der Waals surface area contributed by atoms with E-state index in [1.807, 2.05) is 61.5 Å². The largest absolute Gasteiger partial charge is 0.493 e. The zero-order chi connectivity index (χ0) is 19.5. The maximum atomic E-state index is 12.4. The fourth-order valence-corrected chi connectivity index (χ4v) is 2.58. The summed E-state index contributed by atoms with van der Waals surface area (Å²) >= 11 is 0. The monoisotopic (exact) mass is 362 g/mol. The molecule has 0 saturated heterocycles.